The van der Waals surface area contributed by atoms with E-state index in [2.05, 4.69) is 19.2 Å². The molecule has 1 N–H and O–H groups in total. The molecule has 0 aliphatic rings. The van der Waals surface area contributed by atoms with Crippen molar-refractivity contribution < 1.29 is 8.81 Å². The number of furan rings is 1. The van der Waals surface area contributed by atoms with E-state index in [-0.39, 0.29) is 5.82 Å². The molecular formula is C16H20FNO. The van der Waals surface area contributed by atoms with Crippen LogP contribution in [0.2, 0.25) is 0 Å². The number of halogens is 1. The SMILES string of the molecule is CCNC(C)Cc1ccc(-c2ccc(C)cc2F)o1. The molecule has 1 atom stereocenters. The second-order valence-electron chi connectivity index (χ2n) is 4.91. The lowest BCUT2D eigenvalue weighted by Gasteiger charge is -2.09. The average molecular weight is 261 g/mol. The van der Waals surface area contributed by atoms with E-state index in [9.17, 15) is 4.39 Å². The lowest BCUT2D eigenvalue weighted by atomic mass is 10.1. The number of nitrogens with one attached hydrogen (secondary N) is 1. The molecular weight excluding hydrogens is 241 g/mol. The highest BCUT2D eigenvalue weighted by Gasteiger charge is 2.11. The number of rotatable bonds is 5. The van der Waals surface area contributed by atoms with Crippen molar-refractivity contribution in [2.45, 2.75) is 33.2 Å². The van der Waals surface area contributed by atoms with Crippen molar-refractivity contribution in [1.29, 1.82) is 0 Å². The highest BCUT2D eigenvalue weighted by molar-refractivity contribution is 5.59. The van der Waals surface area contributed by atoms with Crippen LogP contribution in [0.15, 0.2) is 34.7 Å². The molecule has 102 valence electrons. The number of hydrogen-bond donors (Lipinski definition) is 1. The molecule has 2 rings (SSSR count). The van der Waals surface area contributed by atoms with Gasteiger partial charge in [0, 0.05) is 12.5 Å². The molecule has 1 unspecified atom stereocenters. The minimum Gasteiger partial charge on any atom is -0.461 e. The predicted octanol–water partition coefficient (Wildman–Crippen LogP) is 3.93. The first-order chi connectivity index (χ1) is 9.10. The summed E-state index contributed by atoms with van der Waals surface area (Å²) in [7, 11) is 0. The van der Waals surface area contributed by atoms with Gasteiger partial charge in [0.15, 0.2) is 0 Å². The first kappa shape index (κ1) is 13.8. The fourth-order valence-electron chi connectivity index (χ4n) is 2.17. The molecule has 1 aromatic heterocycles. The van der Waals surface area contributed by atoms with Gasteiger partial charge in [-0.1, -0.05) is 13.0 Å². The Hall–Kier alpha value is -1.61. The summed E-state index contributed by atoms with van der Waals surface area (Å²) >= 11 is 0. The number of benzene rings is 1. The standard InChI is InChI=1S/C16H20FNO/c1-4-18-12(3)10-13-6-8-16(19-13)14-7-5-11(2)9-15(14)17/h5-9,12,18H,4,10H2,1-3H3. The van der Waals surface area contributed by atoms with Gasteiger partial charge in [-0.05, 0) is 50.2 Å². The highest BCUT2D eigenvalue weighted by atomic mass is 19.1. The normalized spacial score (nSPS) is 12.6. The zero-order valence-electron chi connectivity index (χ0n) is 11.7. The highest BCUT2D eigenvalue weighted by Crippen LogP contribution is 2.26. The molecule has 0 fully saturated rings. The van der Waals surface area contributed by atoms with Crippen molar-refractivity contribution >= 4 is 0 Å². The molecule has 0 saturated carbocycles. The zero-order chi connectivity index (χ0) is 13.8. The third-order valence-corrected chi connectivity index (χ3v) is 3.11. The molecule has 19 heavy (non-hydrogen) atoms. The summed E-state index contributed by atoms with van der Waals surface area (Å²) in [5.41, 5.74) is 1.43. The summed E-state index contributed by atoms with van der Waals surface area (Å²) in [4.78, 5) is 0. The van der Waals surface area contributed by atoms with E-state index in [0.717, 1.165) is 24.3 Å². The Bertz CT molecular complexity index is 547. The maximum atomic E-state index is 13.9. The number of aryl methyl sites for hydroxylation is 1. The summed E-state index contributed by atoms with van der Waals surface area (Å²) in [6.45, 7) is 6.99. The molecule has 0 bridgehead atoms. The lowest BCUT2D eigenvalue weighted by Crippen LogP contribution is -2.27. The Balaban J connectivity index is 2.16. The summed E-state index contributed by atoms with van der Waals surface area (Å²) in [5, 5.41) is 3.33. The van der Waals surface area contributed by atoms with E-state index >= 15 is 0 Å². The maximum Gasteiger partial charge on any atom is 0.137 e. The van der Waals surface area contributed by atoms with Crippen LogP contribution in [0.1, 0.15) is 25.2 Å². The summed E-state index contributed by atoms with van der Waals surface area (Å²) in [5.74, 6) is 1.24. The second kappa shape index (κ2) is 6.02. The van der Waals surface area contributed by atoms with E-state index in [0.29, 0.717) is 17.4 Å². The van der Waals surface area contributed by atoms with Crippen LogP contribution >= 0.6 is 0 Å². The van der Waals surface area contributed by atoms with Crippen molar-refractivity contribution in [2.75, 3.05) is 6.54 Å². The van der Waals surface area contributed by atoms with Crippen molar-refractivity contribution in [3.63, 3.8) is 0 Å². The zero-order valence-corrected chi connectivity index (χ0v) is 11.7. The fraction of sp³-hybridized carbons (Fsp3) is 0.375. The van der Waals surface area contributed by atoms with Crippen molar-refractivity contribution in [3.05, 3.63) is 47.5 Å². The minimum absolute atomic E-state index is 0.236. The molecule has 0 aliphatic heterocycles. The van der Waals surface area contributed by atoms with Crippen molar-refractivity contribution in [3.8, 4) is 11.3 Å². The Labute approximate surface area is 113 Å². The minimum atomic E-state index is -0.236. The van der Waals surface area contributed by atoms with Crippen LogP contribution in [0.3, 0.4) is 0 Å². The van der Waals surface area contributed by atoms with Crippen LogP contribution in [0.25, 0.3) is 11.3 Å². The summed E-state index contributed by atoms with van der Waals surface area (Å²) in [6.07, 6.45) is 0.807. The quantitative estimate of drug-likeness (QED) is 0.882. The smallest absolute Gasteiger partial charge is 0.137 e. The number of likely N-dealkylation sites (N-methyl/N-ethyl adjacent to an activating group) is 1. The van der Waals surface area contributed by atoms with E-state index in [4.69, 9.17) is 4.42 Å². The monoisotopic (exact) mass is 261 g/mol. The Morgan fingerprint density at radius 2 is 2.05 bits per heavy atom. The Kier molecular flexibility index (Phi) is 4.38. The molecule has 0 aliphatic carbocycles. The van der Waals surface area contributed by atoms with Crippen LogP contribution in [0.4, 0.5) is 4.39 Å². The van der Waals surface area contributed by atoms with Crippen molar-refractivity contribution in [1.82, 2.24) is 5.32 Å². The van der Waals surface area contributed by atoms with E-state index in [1.54, 1.807) is 6.07 Å². The molecule has 0 spiro atoms. The van der Waals surface area contributed by atoms with Crippen LogP contribution in [-0.2, 0) is 6.42 Å². The third kappa shape index (κ3) is 3.44. The first-order valence-corrected chi connectivity index (χ1v) is 6.68. The van der Waals surface area contributed by atoms with E-state index < -0.39 is 0 Å². The second-order valence-corrected chi connectivity index (χ2v) is 4.91. The fourth-order valence-corrected chi connectivity index (χ4v) is 2.17. The third-order valence-electron chi connectivity index (χ3n) is 3.11. The van der Waals surface area contributed by atoms with Gasteiger partial charge in [-0.3, -0.25) is 0 Å². The first-order valence-electron chi connectivity index (χ1n) is 6.68. The van der Waals surface area contributed by atoms with E-state index in [1.807, 2.05) is 25.1 Å². The topological polar surface area (TPSA) is 25.2 Å². The van der Waals surface area contributed by atoms with Gasteiger partial charge >= 0.3 is 0 Å². The molecule has 0 radical (unpaired) electrons. The van der Waals surface area contributed by atoms with Gasteiger partial charge in [0.25, 0.3) is 0 Å². The molecule has 3 heteroatoms. The Morgan fingerprint density at radius 3 is 2.74 bits per heavy atom. The summed E-state index contributed by atoms with van der Waals surface area (Å²) in [6, 6.07) is 9.29. The average Bonchev–Trinajstić information content (AvgIpc) is 2.77. The molecule has 0 amide bonds. The van der Waals surface area contributed by atoms with Crippen LogP contribution < -0.4 is 5.32 Å². The van der Waals surface area contributed by atoms with Gasteiger partial charge in [0.05, 0.1) is 5.56 Å². The Morgan fingerprint density at radius 1 is 1.26 bits per heavy atom. The largest absolute Gasteiger partial charge is 0.461 e. The van der Waals surface area contributed by atoms with Gasteiger partial charge in [-0.15, -0.1) is 0 Å². The predicted molar refractivity (Wildman–Crippen MR) is 75.7 cm³/mol. The maximum absolute atomic E-state index is 13.9. The van der Waals surface area contributed by atoms with Gasteiger partial charge in [0.1, 0.15) is 17.3 Å². The number of hydrogen-bond acceptors (Lipinski definition) is 2. The van der Waals surface area contributed by atoms with Gasteiger partial charge in [0.2, 0.25) is 0 Å². The van der Waals surface area contributed by atoms with E-state index in [1.165, 1.54) is 6.07 Å². The van der Waals surface area contributed by atoms with Crippen molar-refractivity contribution in [2.24, 2.45) is 0 Å². The van der Waals surface area contributed by atoms with Crippen LogP contribution in [-0.4, -0.2) is 12.6 Å². The summed E-state index contributed by atoms with van der Waals surface area (Å²) < 4.78 is 19.6. The molecule has 1 heterocycles. The lowest BCUT2D eigenvalue weighted by molar-refractivity contribution is 0.468. The molecule has 2 aromatic rings. The molecule has 1 aromatic carbocycles. The van der Waals surface area contributed by atoms with Gasteiger partial charge in [-0.25, -0.2) is 4.39 Å². The van der Waals surface area contributed by atoms with Gasteiger partial charge in [-0.2, -0.15) is 0 Å². The molecule has 2 nitrogen and oxygen atoms in total. The molecule has 0 saturated heterocycles. The van der Waals surface area contributed by atoms with Gasteiger partial charge < -0.3 is 9.73 Å². The van der Waals surface area contributed by atoms with Crippen LogP contribution in [0, 0.1) is 12.7 Å². The van der Waals surface area contributed by atoms with Crippen LogP contribution in [0.5, 0.6) is 0 Å².